The summed E-state index contributed by atoms with van der Waals surface area (Å²) in [7, 11) is -0.0501. The van der Waals surface area contributed by atoms with Gasteiger partial charge in [-0.05, 0) is 37.0 Å². The summed E-state index contributed by atoms with van der Waals surface area (Å²) in [5, 5.41) is 13.1. The second kappa shape index (κ2) is 12.9. The molecule has 0 aliphatic heterocycles. The van der Waals surface area contributed by atoms with E-state index in [2.05, 4.69) is 25.8 Å². The molecule has 0 aliphatic rings. The van der Waals surface area contributed by atoms with Crippen molar-refractivity contribution in [3.63, 3.8) is 0 Å². The van der Waals surface area contributed by atoms with Gasteiger partial charge in [0.1, 0.15) is 0 Å². The van der Waals surface area contributed by atoms with Crippen LogP contribution in [0.5, 0.6) is 0 Å². The maximum atomic E-state index is 13.1. The fraction of sp³-hybridized carbons (Fsp3) is 0.636. The number of unbranched alkanes of at least 4 members (excludes halogenated alkanes) is 3. The van der Waals surface area contributed by atoms with Crippen LogP contribution in [0.4, 0.5) is 0 Å². The number of esters is 1. The monoisotopic (exact) mass is 393 g/mol. The van der Waals surface area contributed by atoms with Crippen molar-refractivity contribution in [1.82, 2.24) is 4.98 Å². The Morgan fingerprint density at radius 2 is 1.48 bits per heavy atom. The van der Waals surface area contributed by atoms with Gasteiger partial charge >= 0.3 is 5.97 Å². The Bertz CT molecular complexity index is 565. The standard InChI is InChI=1S/C22H36NO3P/c1-5-8-15-27(16-9-6-2,17-10-7-3)18-20(22(25)26-4)21(24)19-11-13-23-14-12-19/h11-14H,5-10,15-18H2,1-4H3. The van der Waals surface area contributed by atoms with Gasteiger partial charge in [0.25, 0.3) is 0 Å². The molecule has 0 fully saturated rings. The van der Waals surface area contributed by atoms with Gasteiger partial charge in [0.2, 0.25) is 0 Å². The molecule has 0 amide bonds. The van der Waals surface area contributed by atoms with E-state index in [1.165, 1.54) is 26.4 Å². The summed E-state index contributed by atoms with van der Waals surface area (Å²) in [6, 6.07) is 3.35. The Morgan fingerprint density at radius 3 is 1.89 bits per heavy atom. The first kappa shape index (κ1) is 23.6. The first-order valence-electron chi connectivity index (χ1n) is 10.3. The average molecular weight is 394 g/mol. The molecule has 0 aliphatic carbocycles. The largest absolute Gasteiger partial charge is 0.872 e. The van der Waals surface area contributed by atoms with Crippen molar-refractivity contribution in [3.8, 4) is 0 Å². The van der Waals surface area contributed by atoms with Crippen LogP contribution in [0.2, 0.25) is 0 Å². The van der Waals surface area contributed by atoms with Crippen molar-refractivity contribution in [2.75, 3.05) is 31.8 Å². The smallest absolute Gasteiger partial charge is 0.336 e. The molecule has 4 nitrogen and oxygen atoms in total. The highest BCUT2D eigenvalue weighted by molar-refractivity contribution is 7.76. The lowest BCUT2D eigenvalue weighted by atomic mass is 10.1. The van der Waals surface area contributed by atoms with E-state index in [0.29, 0.717) is 17.3 Å². The number of nitrogens with zero attached hydrogens (tertiary/aromatic N) is 1. The number of rotatable bonds is 13. The number of ether oxygens (including phenoxy) is 1. The molecule has 1 rings (SSSR count). The van der Waals surface area contributed by atoms with Crippen molar-refractivity contribution in [2.24, 2.45) is 0 Å². The van der Waals surface area contributed by atoms with Crippen LogP contribution in [0, 0.1) is 0 Å². The van der Waals surface area contributed by atoms with E-state index in [4.69, 9.17) is 4.74 Å². The van der Waals surface area contributed by atoms with E-state index < -0.39 is 13.2 Å². The second-order valence-corrected chi connectivity index (χ2v) is 11.6. The van der Waals surface area contributed by atoms with Gasteiger partial charge in [0.15, 0.2) is 0 Å². The summed E-state index contributed by atoms with van der Waals surface area (Å²) < 4.78 is 5.02. The van der Waals surface area contributed by atoms with Crippen molar-refractivity contribution in [3.05, 3.63) is 35.7 Å². The summed E-state index contributed by atoms with van der Waals surface area (Å²) >= 11 is 0. The van der Waals surface area contributed by atoms with E-state index in [0.717, 1.165) is 37.7 Å². The molecule has 1 heterocycles. The summed E-state index contributed by atoms with van der Waals surface area (Å²) in [6.07, 6.45) is 14.2. The Labute approximate surface area is 165 Å². The van der Waals surface area contributed by atoms with Gasteiger partial charge in [0.05, 0.1) is 37.3 Å². The Morgan fingerprint density at radius 1 is 1.00 bits per heavy atom. The lowest BCUT2D eigenvalue weighted by Crippen LogP contribution is -2.22. The van der Waals surface area contributed by atoms with E-state index in [1.807, 2.05) is 0 Å². The molecule has 27 heavy (non-hydrogen) atoms. The molecule has 0 radical (unpaired) electrons. The Kier molecular flexibility index (Phi) is 11.3. The minimum Gasteiger partial charge on any atom is -0.872 e. The number of aromatic nitrogens is 1. The van der Waals surface area contributed by atoms with E-state index in [-0.39, 0.29) is 5.76 Å². The zero-order valence-electron chi connectivity index (χ0n) is 17.5. The minimum absolute atomic E-state index is 0.196. The third-order valence-corrected chi connectivity index (χ3v) is 9.88. The predicted octanol–water partition coefficient (Wildman–Crippen LogP) is 4.74. The van der Waals surface area contributed by atoms with Crippen molar-refractivity contribution in [1.29, 1.82) is 0 Å². The highest BCUT2D eigenvalue weighted by atomic mass is 31.2. The quantitative estimate of drug-likeness (QED) is 0.210. The molecule has 0 unspecified atom stereocenters. The molecule has 1 aromatic heterocycles. The molecule has 0 N–H and O–H groups in total. The van der Waals surface area contributed by atoms with Gasteiger partial charge in [-0.2, -0.15) is 0 Å². The summed E-state index contributed by atoms with van der Waals surface area (Å²) in [4.78, 5) is 16.5. The second-order valence-electron chi connectivity index (χ2n) is 7.27. The third kappa shape index (κ3) is 7.62. The topological polar surface area (TPSA) is 62.2 Å². The first-order chi connectivity index (χ1) is 13.0. The molecule has 0 saturated carbocycles. The van der Waals surface area contributed by atoms with Crippen LogP contribution in [0.1, 0.15) is 64.9 Å². The van der Waals surface area contributed by atoms with Gasteiger partial charge in [-0.15, -0.1) is 0 Å². The summed E-state index contributed by atoms with van der Waals surface area (Å²) in [6.45, 7) is 6.63. The van der Waals surface area contributed by atoms with Crippen LogP contribution in [0.3, 0.4) is 0 Å². The van der Waals surface area contributed by atoms with E-state index >= 15 is 0 Å². The molecule has 152 valence electrons. The van der Waals surface area contributed by atoms with Crippen LogP contribution in [0.15, 0.2) is 30.1 Å². The number of carbonyl (C=O) groups is 1. The number of hydrogen-bond acceptors (Lipinski definition) is 4. The van der Waals surface area contributed by atoms with Gasteiger partial charge < -0.3 is 9.84 Å². The van der Waals surface area contributed by atoms with Gasteiger partial charge in [-0.25, -0.2) is 4.79 Å². The molecule has 0 atom stereocenters. The molecule has 5 heteroatoms. The van der Waals surface area contributed by atoms with E-state index in [1.54, 1.807) is 24.5 Å². The lowest BCUT2D eigenvalue weighted by Gasteiger charge is -2.30. The average Bonchev–Trinajstić information content (AvgIpc) is 2.72. The van der Waals surface area contributed by atoms with E-state index in [9.17, 15) is 9.90 Å². The SMILES string of the molecule is CCCC[P+](CCCC)(CCCC)C/C(C(=O)OC)=C(\[O-])c1ccncc1. The van der Waals surface area contributed by atoms with Crippen LogP contribution < -0.4 is 5.11 Å². The molecule has 1 aromatic rings. The fourth-order valence-corrected chi connectivity index (χ4v) is 8.47. The first-order valence-corrected chi connectivity index (χ1v) is 12.8. The number of carbonyl (C=O) groups excluding carboxylic acids is 1. The molecule has 0 spiro atoms. The molecule has 0 aromatic carbocycles. The Hall–Kier alpha value is -1.41. The number of pyridine rings is 1. The van der Waals surface area contributed by atoms with Gasteiger partial charge in [-0.1, -0.05) is 45.8 Å². The minimum atomic E-state index is -1.42. The maximum Gasteiger partial charge on any atom is 0.336 e. The van der Waals surface area contributed by atoms with Gasteiger partial charge in [-0.3, -0.25) is 4.98 Å². The Balaban J connectivity index is 3.31. The molecule has 0 saturated heterocycles. The van der Waals surface area contributed by atoms with Crippen molar-refractivity contribution >= 4 is 19.0 Å². The summed E-state index contributed by atoms with van der Waals surface area (Å²) in [5.74, 6) is -0.663. The predicted molar refractivity (Wildman–Crippen MR) is 114 cm³/mol. The fourth-order valence-electron chi connectivity index (χ4n) is 3.42. The summed E-state index contributed by atoms with van der Waals surface area (Å²) in [5.41, 5.74) is 0.852. The van der Waals surface area contributed by atoms with Gasteiger partial charge in [0, 0.05) is 19.7 Å². The van der Waals surface area contributed by atoms with Crippen molar-refractivity contribution < 1.29 is 14.6 Å². The van der Waals surface area contributed by atoms with Crippen LogP contribution in [-0.4, -0.2) is 42.7 Å². The molecular weight excluding hydrogens is 357 g/mol. The number of methoxy groups -OCH3 is 1. The molecular formula is C22H36NO3P. The molecule has 0 bridgehead atoms. The van der Waals surface area contributed by atoms with Crippen molar-refractivity contribution in [2.45, 2.75) is 59.3 Å². The van der Waals surface area contributed by atoms with Crippen LogP contribution in [-0.2, 0) is 9.53 Å². The van der Waals surface area contributed by atoms with Crippen LogP contribution >= 0.6 is 7.26 Å². The maximum absolute atomic E-state index is 13.1. The normalized spacial score (nSPS) is 12.6. The van der Waals surface area contributed by atoms with Crippen LogP contribution in [0.25, 0.3) is 5.76 Å². The lowest BCUT2D eigenvalue weighted by molar-refractivity contribution is -0.245. The zero-order valence-corrected chi connectivity index (χ0v) is 18.4. The number of hydrogen-bond donors (Lipinski definition) is 0. The highest BCUT2D eigenvalue weighted by Crippen LogP contribution is 2.62. The zero-order chi connectivity index (χ0) is 20.1. The highest BCUT2D eigenvalue weighted by Gasteiger charge is 2.38. The third-order valence-electron chi connectivity index (χ3n) is 5.10.